The maximum Gasteiger partial charge on any atom is 0.303 e. The first-order valence-corrected chi connectivity index (χ1v) is 6.24. The Morgan fingerprint density at radius 3 is 1.79 bits per heavy atom. The van der Waals surface area contributed by atoms with Gasteiger partial charge in [-0.1, -0.05) is 19.4 Å². The topological polar surface area (TPSA) is 115 Å². The number of carbonyl (C=O) groups is 2. The molecule has 0 amide bonds. The Hall–Kier alpha value is -1.40. The number of carboxylic acid groups (broad SMARTS) is 2. The summed E-state index contributed by atoms with van der Waals surface area (Å²) < 4.78 is 0. The molecule has 112 valence electrons. The molecule has 0 rings (SSSR count). The molecule has 0 aromatic rings. The lowest BCUT2D eigenvalue weighted by molar-refractivity contribution is -0.162. The highest BCUT2D eigenvalue weighted by Gasteiger charge is 2.18. The molecule has 0 aromatic carbocycles. The Morgan fingerprint density at radius 2 is 1.53 bits per heavy atom. The molecular formula is C13H24O6. The molecule has 0 heterocycles. The molecular weight excluding hydrogens is 252 g/mol. The van der Waals surface area contributed by atoms with Crippen LogP contribution in [0.5, 0.6) is 0 Å². The van der Waals surface area contributed by atoms with Crippen molar-refractivity contribution >= 4 is 11.9 Å². The lowest BCUT2D eigenvalue weighted by Crippen LogP contribution is -2.26. The molecule has 19 heavy (non-hydrogen) atoms. The van der Waals surface area contributed by atoms with Crippen molar-refractivity contribution in [2.45, 2.75) is 57.7 Å². The quantitative estimate of drug-likeness (QED) is 0.290. The van der Waals surface area contributed by atoms with Crippen LogP contribution in [0.2, 0.25) is 0 Å². The smallest absolute Gasteiger partial charge is 0.303 e. The Labute approximate surface area is 113 Å². The molecule has 0 fully saturated rings. The zero-order chi connectivity index (χ0) is 15.3. The molecule has 0 radical (unpaired) electrons. The third-order valence-electron chi connectivity index (χ3n) is 2.15. The van der Waals surface area contributed by atoms with E-state index >= 15 is 0 Å². The molecule has 0 atom stereocenters. The molecule has 0 aliphatic carbocycles. The van der Waals surface area contributed by atoms with Crippen molar-refractivity contribution in [1.82, 2.24) is 0 Å². The van der Waals surface area contributed by atoms with Gasteiger partial charge in [-0.25, -0.2) is 0 Å². The molecule has 0 aliphatic rings. The monoisotopic (exact) mass is 276 g/mol. The Bertz CT molecular complexity index is 256. The predicted molar refractivity (Wildman–Crippen MR) is 70.6 cm³/mol. The van der Waals surface area contributed by atoms with Crippen LogP contribution in [0, 0.1) is 0 Å². The molecule has 6 nitrogen and oxygen atoms in total. The average molecular weight is 276 g/mol. The van der Waals surface area contributed by atoms with Gasteiger partial charge in [-0.2, -0.15) is 0 Å². The van der Waals surface area contributed by atoms with Gasteiger partial charge in [0.2, 0.25) is 0 Å². The predicted octanol–water partition coefficient (Wildman–Crippen LogP) is 1.76. The van der Waals surface area contributed by atoms with E-state index in [9.17, 15) is 9.59 Å². The first-order chi connectivity index (χ1) is 8.75. The highest BCUT2D eigenvalue weighted by atomic mass is 16.5. The fraction of sp³-hybridized carbons (Fsp3) is 0.692. The van der Waals surface area contributed by atoms with Gasteiger partial charge >= 0.3 is 11.9 Å². The van der Waals surface area contributed by atoms with E-state index in [4.69, 9.17) is 20.4 Å². The SMILES string of the molecule is C=CCC(O)(O)CCC.O=C(O)CCCCC(=O)O. The number of hydrogen-bond acceptors (Lipinski definition) is 4. The van der Waals surface area contributed by atoms with Crippen molar-refractivity contribution in [3.63, 3.8) is 0 Å². The Balaban J connectivity index is 0. The van der Waals surface area contributed by atoms with Gasteiger partial charge < -0.3 is 20.4 Å². The Kier molecular flexibility index (Phi) is 12.2. The summed E-state index contributed by atoms with van der Waals surface area (Å²) in [7, 11) is 0. The summed E-state index contributed by atoms with van der Waals surface area (Å²) in [6.07, 6.45) is 3.97. The van der Waals surface area contributed by atoms with Gasteiger partial charge in [0.1, 0.15) is 0 Å². The molecule has 0 saturated heterocycles. The van der Waals surface area contributed by atoms with Crippen LogP contribution in [-0.2, 0) is 9.59 Å². The zero-order valence-electron chi connectivity index (χ0n) is 11.3. The van der Waals surface area contributed by atoms with Crippen molar-refractivity contribution in [1.29, 1.82) is 0 Å². The van der Waals surface area contributed by atoms with E-state index in [-0.39, 0.29) is 19.3 Å². The van der Waals surface area contributed by atoms with Gasteiger partial charge in [0.05, 0.1) is 0 Å². The number of aliphatic hydroxyl groups is 2. The third kappa shape index (κ3) is 19.1. The molecule has 0 unspecified atom stereocenters. The van der Waals surface area contributed by atoms with Gasteiger partial charge in [-0.15, -0.1) is 6.58 Å². The van der Waals surface area contributed by atoms with E-state index in [0.717, 1.165) is 6.42 Å². The van der Waals surface area contributed by atoms with Crippen LogP contribution in [0.4, 0.5) is 0 Å². The number of aliphatic carboxylic acids is 2. The average Bonchev–Trinajstić information content (AvgIpc) is 2.24. The van der Waals surface area contributed by atoms with Crippen LogP contribution in [0.25, 0.3) is 0 Å². The molecule has 4 N–H and O–H groups in total. The molecule has 0 spiro atoms. The third-order valence-corrected chi connectivity index (χ3v) is 2.15. The highest BCUT2D eigenvalue weighted by Crippen LogP contribution is 2.12. The number of carboxylic acids is 2. The number of hydrogen-bond donors (Lipinski definition) is 4. The van der Waals surface area contributed by atoms with E-state index in [2.05, 4.69) is 6.58 Å². The zero-order valence-corrected chi connectivity index (χ0v) is 11.3. The van der Waals surface area contributed by atoms with Gasteiger partial charge in [0.25, 0.3) is 0 Å². The molecule has 0 aliphatic heterocycles. The highest BCUT2D eigenvalue weighted by molar-refractivity contribution is 5.67. The number of unbranched alkanes of at least 4 members (excludes halogenated alkanes) is 1. The fourth-order valence-corrected chi connectivity index (χ4v) is 1.29. The minimum atomic E-state index is -1.52. The first-order valence-electron chi connectivity index (χ1n) is 6.24. The maximum atomic E-state index is 9.90. The second kappa shape index (κ2) is 11.7. The van der Waals surface area contributed by atoms with Gasteiger partial charge in [0.15, 0.2) is 5.79 Å². The molecule has 0 saturated carbocycles. The lowest BCUT2D eigenvalue weighted by atomic mass is 10.1. The van der Waals surface area contributed by atoms with E-state index in [1.54, 1.807) is 0 Å². The van der Waals surface area contributed by atoms with Crippen LogP contribution in [-0.4, -0.2) is 38.2 Å². The first kappa shape index (κ1) is 19.9. The summed E-state index contributed by atoms with van der Waals surface area (Å²) in [5, 5.41) is 34.3. The van der Waals surface area contributed by atoms with Crippen molar-refractivity contribution in [3.05, 3.63) is 12.7 Å². The number of rotatable bonds is 9. The van der Waals surface area contributed by atoms with Crippen molar-refractivity contribution in [2.75, 3.05) is 0 Å². The molecule has 0 bridgehead atoms. The van der Waals surface area contributed by atoms with Gasteiger partial charge in [0, 0.05) is 25.7 Å². The summed E-state index contributed by atoms with van der Waals surface area (Å²) in [6.45, 7) is 5.32. The van der Waals surface area contributed by atoms with Crippen LogP contribution in [0.15, 0.2) is 12.7 Å². The standard InChI is InChI=1S/C7H14O2.C6H10O4/c1-3-5-7(8,9)6-4-2;7-5(8)3-1-2-4-6(9)10/h3,8-9H,1,4-6H2,2H3;1-4H2,(H,7,8)(H,9,10). The van der Waals surface area contributed by atoms with Crippen LogP contribution in [0.1, 0.15) is 51.9 Å². The van der Waals surface area contributed by atoms with E-state index in [0.29, 0.717) is 19.3 Å². The summed E-state index contributed by atoms with van der Waals surface area (Å²) in [6, 6.07) is 0. The van der Waals surface area contributed by atoms with Gasteiger partial charge in [-0.3, -0.25) is 9.59 Å². The second-order valence-corrected chi connectivity index (χ2v) is 4.22. The van der Waals surface area contributed by atoms with Gasteiger partial charge in [-0.05, 0) is 12.8 Å². The Morgan fingerprint density at radius 1 is 1.11 bits per heavy atom. The minimum absolute atomic E-state index is 0.0628. The summed E-state index contributed by atoms with van der Waals surface area (Å²) in [4.78, 5) is 19.8. The summed E-state index contributed by atoms with van der Waals surface area (Å²) >= 11 is 0. The van der Waals surface area contributed by atoms with Crippen molar-refractivity contribution in [2.24, 2.45) is 0 Å². The minimum Gasteiger partial charge on any atom is -0.481 e. The van der Waals surface area contributed by atoms with E-state index in [1.807, 2.05) is 6.92 Å². The van der Waals surface area contributed by atoms with E-state index < -0.39 is 17.7 Å². The maximum absolute atomic E-state index is 9.90. The molecule has 0 aromatic heterocycles. The van der Waals surface area contributed by atoms with Crippen molar-refractivity contribution < 1.29 is 30.0 Å². The fourth-order valence-electron chi connectivity index (χ4n) is 1.29. The largest absolute Gasteiger partial charge is 0.481 e. The second-order valence-electron chi connectivity index (χ2n) is 4.22. The van der Waals surface area contributed by atoms with Crippen LogP contribution in [0.3, 0.4) is 0 Å². The normalized spacial score (nSPS) is 10.3. The van der Waals surface area contributed by atoms with E-state index in [1.165, 1.54) is 6.08 Å². The molecule has 6 heteroatoms. The lowest BCUT2D eigenvalue weighted by Gasteiger charge is -2.18. The van der Waals surface area contributed by atoms with Crippen molar-refractivity contribution in [3.8, 4) is 0 Å². The summed E-state index contributed by atoms with van der Waals surface area (Å²) in [5.74, 6) is -3.26. The van der Waals surface area contributed by atoms with Crippen LogP contribution < -0.4 is 0 Å². The van der Waals surface area contributed by atoms with Crippen LogP contribution >= 0.6 is 0 Å². The summed E-state index contributed by atoms with van der Waals surface area (Å²) in [5.41, 5.74) is 0.